The molecule has 2 amide bonds. The summed E-state index contributed by atoms with van der Waals surface area (Å²) in [5.74, 6) is -2.02. The third-order valence-corrected chi connectivity index (χ3v) is 8.78. The lowest BCUT2D eigenvalue weighted by atomic mass is 10.0. The molecule has 4 heterocycles. The van der Waals surface area contributed by atoms with E-state index in [0.717, 1.165) is 11.3 Å². The maximum Gasteiger partial charge on any atom is 0.353 e. The van der Waals surface area contributed by atoms with Crippen molar-refractivity contribution < 1.29 is 24.3 Å². The number of aromatic nitrogens is 3. The van der Waals surface area contributed by atoms with Gasteiger partial charge < -0.3 is 21.0 Å². The van der Waals surface area contributed by atoms with Crippen LogP contribution in [0.25, 0.3) is 0 Å². The number of thiazole rings is 1. The van der Waals surface area contributed by atoms with Gasteiger partial charge in [-0.2, -0.15) is 0 Å². The van der Waals surface area contributed by atoms with Crippen LogP contribution < -0.4 is 11.1 Å². The molecule has 2 unspecified atom stereocenters. The Kier molecular flexibility index (Phi) is 7.60. The van der Waals surface area contributed by atoms with E-state index in [4.69, 9.17) is 10.6 Å². The van der Waals surface area contributed by atoms with Gasteiger partial charge in [-0.25, -0.2) is 19.7 Å². The van der Waals surface area contributed by atoms with Gasteiger partial charge in [-0.3, -0.25) is 14.5 Å². The number of carbonyl (C=O) groups excluding carboxylic acids is 2. The average molecular weight is 540 g/mol. The van der Waals surface area contributed by atoms with Crippen LogP contribution in [0, 0.1) is 0 Å². The van der Waals surface area contributed by atoms with E-state index in [0.29, 0.717) is 20.9 Å². The number of nitrogens with zero attached hydrogens (tertiary/aromatic N) is 5. The van der Waals surface area contributed by atoms with Crippen LogP contribution in [0.1, 0.15) is 5.69 Å². The van der Waals surface area contributed by atoms with Crippen LogP contribution in [0.15, 0.2) is 44.8 Å². The first-order valence-electron chi connectivity index (χ1n) is 9.47. The van der Waals surface area contributed by atoms with E-state index in [1.54, 1.807) is 23.8 Å². The number of amides is 2. The van der Waals surface area contributed by atoms with E-state index >= 15 is 0 Å². The number of nitrogens with two attached hydrogens (primary N) is 1. The molecule has 2 aromatic rings. The van der Waals surface area contributed by atoms with Crippen LogP contribution in [0.4, 0.5) is 5.13 Å². The molecule has 2 aromatic heterocycles. The summed E-state index contributed by atoms with van der Waals surface area (Å²) >= 11 is 5.19. The number of thioether (sulfide) groups is 3. The van der Waals surface area contributed by atoms with Crippen LogP contribution >= 0.6 is 46.6 Å². The number of aliphatic carboxylic acids is 1. The van der Waals surface area contributed by atoms with Gasteiger partial charge in [-0.05, 0) is 6.07 Å². The third kappa shape index (κ3) is 4.98. The minimum absolute atomic E-state index is 0.0723. The molecule has 2 atom stereocenters. The lowest BCUT2D eigenvalue weighted by Gasteiger charge is -2.49. The highest BCUT2D eigenvalue weighted by atomic mass is 32.2. The second kappa shape index (κ2) is 10.6. The number of anilines is 1. The molecule has 178 valence electrons. The molecule has 0 spiro atoms. The zero-order valence-corrected chi connectivity index (χ0v) is 20.7. The van der Waals surface area contributed by atoms with Crippen molar-refractivity contribution in [3.63, 3.8) is 0 Å². The topological polar surface area (TPSA) is 173 Å². The minimum Gasteiger partial charge on any atom is -0.477 e. The third-order valence-electron chi connectivity index (χ3n) is 4.55. The monoisotopic (exact) mass is 539 g/mol. The first-order valence-corrected chi connectivity index (χ1v) is 13.4. The lowest BCUT2D eigenvalue weighted by Crippen LogP contribution is -2.71. The number of β-lactam (4-membered cyclic amide) rings is 1. The van der Waals surface area contributed by atoms with Gasteiger partial charge in [0.2, 0.25) is 0 Å². The highest BCUT2D eigenvalue weighted by molar-refractivity contribution is 8.18. The SMILES string of the molecule is CO/N=C(\C(=O)NC1C(=O)N2C(C(=O)O)=C(SCSc3ncccn3)CSC12)c1csc(N)n1. The number of hydrogen-bond donors (Lipinski definition) is 3. The van der Waals surface area contributed by atoms with Crippen LogP contribution in [0.2, 0.25) is 0 Å². The Hall–Kier alpha value is -2.82. The second-order valence-corrected chi connectivity index (χ2v) is 10.9. The molecule has 1 fully saturated rings. The van der Waals surface area contributed by atoms with E-state index in [1.165, 1.54) is 47.3 Å². The zero-order chi connectivity index (χ0) is 24.2. The number of fused-ring (bicyclic) bond motifs is 1. The molecule has 34 heavy (non-hydrogen) atoms. The van der Waals surface area contributed by atoms with Crippen molar-refractivity contribution in [1.82, 2.24) is 25.2 Å². The molecule has 2 aliphatic rings. The molecule has 0 radical (unpaired) electrons. The van der Waals surface area contributed by atoms with Gasteiger partial charge >= 0.3 is 5.97 Å². The van der Waals surface area contributed by atoms with Gasteiger partial charge in [-0.1, -0.05) is 16.9 Å². The number of carbonyl (C=O) groups is 3. The highest BCUT2D eigenvalue weighted by Crippen LogP contribution is 2.44. The van der Waals surface area contributed by atoms with Crippen molar-refractivity contribution in [2.75, 3.05) is 23.7 Å². The molecule has 16 heteroatoms. The van der Waals surface area contributed by atoms with Crippen molar-refractivity contribution in [2.24, 2.45) is 5.16 Å². The number of nitrogens with one attached hydrogen (secondary N) is 1. The summed E-state index contributed by atoms with van der Waals surface area (Å²) in [7, 11) is 1.28. The molecule has 1 saturated heterocycles. The Morgan fingerprint density at radius 3 is 2.79 bits per heavy atom. The maximum absolute atomic E-state index is 12.9. The maximum atomic E-state index is 12.9. The summed E-state index contributed by atoms with van der Waals surface area (Å²) in [6.45, 7) is 0. The predicted octanol–water partition coefficient (Wildman–Crippen LogP) is 1.04. The van der Waals surface area contributed by atoms with Crippen molar-refractivity contribution in [3.05, 3.63) is 40.1 Å². The number of hydrogen-bond acceptors (Lipinski definition) is 13. The first kappa shape index (κ1) is 24.3. The van der Waals surface area contributed by atoms with Gasteiger partial charge in [0.05, 0.1) is 5.08 Å². The summed E-state index contributed by atoms with van der Waals surface area (Å²) in [4.78, 5) is 56.4. The Morgan fingerprint density at radius 1 is 1.38 bits per heavy atom. The Balaban J connectivity index is 1.45. The minimum atomic E-state index is -1.20. The first-order chi connectivity index (χ1) is 16.4. The van der Waals surface area contributed by atoms with Crippen LogP contribution in [0.5, 0.6) is 0 Å². The van der Waals surface area contributed by atoms with Crippen LogP contribution in [0.3, 0.4) is 0 Å². The summed E-state index contributed by atoms with van der Waals surface area (Å²) in [5, 5.41) is 18.4. The summed E-state index contributed by atoms with van der Waals surface area (Å²) in [6, 6.07) is 0.796. The average Bonchev–Trinajstić information content (AvgIpc) is 3.26. The molecule has 0 saturated carbocycles. The Labute approximate surface area is 209 Å². The zero-order valence-electron chi connectivity index (χ0n) is 17.4. The summed E-state index contributed by atoms with van der Waals surface area (Å²) in [6.07, 6.45) is 3.25. The molecule has 2 aliphatic heterocycles. The normalized spacial score (nSPS) is 20.0. The highest BCUT2D eigenvalue weighted by Gasteiger charge is 2.54. The van der Waals surface area contributed by atoms with E-state index in [2.05, 4.69) is 25.4 Å². The fourth-order valence-electron chi connectivity index (χ4n) is 3.12. The Bertz CT molecular complexity index is 1170. The number of carboxylic acid groups (broad SMARTS) is 1. The molecular formula is C18H17N7O5S4. The van der Waals surface area contributed by atoms with Crippen molar-refractivity contribution >= 4 is 75.2 Å². The van der Waals surface area contributed by atoms with Gasteiger partial charge in [0, 0.05) is 28.4 Å². The van der Waals surface area contributed by atoms with Crippen molar-refractivity contribution in [1.29, 1.82) is 0 Å². The predicted molar refractivity (Wildman–Crippen MR) is 130 cm³/mol. The van der Waals surface area contributed by atoms with E-state index in [-0.39, 0.29) is 22.2 Å². The van der Waals surface area contributed by atoms with Crippen molar-refractivity contribution in [2.45, 2.75) is 16.6 Å². The van der Waals surface area contributed by atoms with Crippen LogP contribution in [-0.4, -0.2) is 77.8 Å². The smallest absolute Gasteiger partial charge is 0.353 e. The van der Waals surface area contributed by atoms with E-state index in [9.17, 15) is 19.5 Å². The quantitative estimate of drug-likeness (QED) is 0.103. The summed E-state index contributed by atoms with van der Waals surface area (Å²) < 4.78 is 0. The molecule has 4 N–H and O–H groups in total. The van der Waals surface area contributed by atoms with Gasteiger partial charge in [0.1, 0.15) is 29.9 Å². The largest absolute Gasteiger partial charge is 0.477 e. The fourth-order valence-corrected chi connectivity index (χ4v) is 7.22. The van der Waals surface area contributed by atoms with E-state index < -0.39 is 29.2 Å². The molecule has 0 aromatic carbocycles. The number of carboxylic acids is 1. The standard InChI is InChI=1S/C18H17N7O5S4/c1-30-24-10(8-5-32-17(19)22-8)13(26)23-11-14(27)25-12(16(28)29)9(6-31-15(11)25)33-7-34-18-20-3-2-4-21-18/h2-5,11,15H,6-7H2,1H3,(H2,19,22)(H,23,26)(H,28,29)/b24-10-. The molecular weight excluding hydrogens is 523 g/mol. The van der Waals surface area contributed by atoms with Crippen molar-refractivity contribution in [3.8, 4) is 0 Å². The Morgan fingerprint density at radius 2 is 2.15 bits per heavy atom. The molecule has 0 aliphatic carbocycles. The fraction of sp³-hybridized carbons (Fsp3) is 0.278. The van der Waals surface area contributed by atoms with Gasteiger partial charge in [0.15, 0.2) is 16.0 Å². The van der Waals surface area contributed by atoms with Gasteiger partial charge in [0.25, 0.3) is 11.8 Å². The second-order valence-electron chi connectivity index (χ2n) is 6.57. The molecule has 4 rings (SSSR count). The summed E-state index contributed by atoms with van der Waals surface area (Å²) in [5.41, 5.74) is 5.64. The number of nitrogen functional groups attached to an aromatic ring is 1. The number of rotatable bonds is 9. The number of oxime groups is 1. The molecule has 0 bridgehead atoms. The van der Waals surface area contributed by atoms with E-state index in [1.807, 2.05) is 0 Å². The molecule has 12 nitrogen and oxygen atoms in total. The van der Waals surface area contributed by atoms with Crippen LogP contribution in [-0.2, 0) is 19.2 Å². The van der Waals surface area contributed by atoms with Gasteiger partial charge in [-0.15, -0.1) is 34.9 Å². The lowest BCUT2D eigenvalue weighted by molar-refractivity contribution is -0.150.